The minimum Gasteiger partial charge on any atom is -0.337 e. The number of rotatable bonds is 11. The lowest BCUT2D eigenvalue weighted by molar-refractivity contribution is -0.126. The van der Waals surface area contributed by atoms with Crippen LogP contribution >= 0.6 is 46.9 Å². The van der Waals surface area contributed by atoms with E-state index < -0.39 is 11.0 Å². The summed E-state index contributed by atoms with van der Waals surface area (Å²) in [5.74, 6) is -0.313. The van der Waals surface area contributed by atoms with Crippen molar-refractivity contribution in [1.29, 1.82) is 0 Å². The maximum absolute atomic E-state index is 12.6. The molecule has 0 bridgehead atoms. The Morgan fingerprint density at radius 3 is 2.49 bits per heavy atom. The third kappa shape index (κ3) is 14.2. The molecule has 0 fully saturated rings. The molecule has 0 saturated heterocycles. The zero-order chi connectivity index (χ0) is 30.0. The number of benzene rings is 1. The van der Waals surface area contributed by atoms with Crippen molar-refractivity contribution in [3.63, 3.8) is 0 Å². The van der Waals surface area contributed by atoms with Crippen LogP contribution in [0.3, 0.4) is 0 Å². The fourth-order valence-electron chi connectivity index (χ4n) is 2.75. The zero-order valence-electron chi connectivity index (χ0n) is 23.2. The van der Waals surface area contributed by atoms with E-state index in [0.29, 0.717) is 27.1 Å². The van der Waals surface area contributed by atoms with Crippen LogP contribution in [0.4, 0.5) is 0 Å². The molecule has 0 aliphatic heterocycles. The number of carbonyl (C=O) groups is 1. The molecule has 2 N–H and O–H groups in total. The Morgan fingerprint density at radius 1 is 1.21 bits per heavy atom. The zero-order valence-corrected chi connectivity index (χ0v) is 27.1. The topological polar surface area (TPSA) is 73.8 Å². The van der Waals surface area contributed by atoms with E-state index in [-0.39, 0.29) is 23.1 Å². The van der Waals surface area contributed by atoms with Gasteiger partial charge in [0.2, 0.25) is 0 Å². The first-order valence-corrected chi connectivity index (χ1v) is 15.2. The highest BCUT2D eigenvalue weighted by molar-refractivity contribution is 7.96. The van der Waals surface area contributed by atoms with Gasteiger partial charge < -0.3 is 9.62 Å². The average Bonchev–Trinajstić information content (AvgIpc) is 2.94. The van der Waals surface area contributed by atoms with Crippen LogP contribution in [-0.4, -0.2) is 34.8 Å². The summed E-state index contributed by atoms with van der Waals surface area (Å²) in [7, 11) is 1.92. The summed E-state index contributed by atoms with van der Waals surface area (Å²) in [5, 5.41) is 1.25. The van der Waals surface area contributed by atoms with Crippen LogP contribution in [0.15, 0.2) is 93.4 Å². The molecule has 0 aromatic heterocycles. The molecule has 1 unspecified atom stereocenters. The number of amides is 1. The van der Waals surface area contributed by atoms with Gasteiger partial charge >= 0.3 is 0 Å². The van der Waals surface area contributed by atoms with Gasteiger partial charge in [-0.1, -0.05) is 87.8 Å². The molecule has 1 amide bonds. The summed E-state index contributed by atoms with van der Waals surface area (Å²) in [6.45, 7) is 15.9. The third-order valence-electron chi connectivity index (χ3n) is 4.44. The van der Waals surface area contributed by atoms with Gasteiger partial charge in [-0.05, 0) is 55.1 Å². The van der Waals surface area contributed by atoms with Gasteiger partial charge in [0.05, 0.1) is 17.8 Å². The molecule has 39 heavy (non-hydrogen) atoms. The van der Waals surface area contributed by atoms with Crippen molar-refractivity contribution in [3.05, 3.63) is 105 Å². The Bertz CT molecular complexity index is 1180. The van der Waals surface area contributed by atoms with Gasteiger partial charge in [-0.2, -0.15) is 0 Å². The minimum absolute atomic E-state index is 0.194. The molecule has 0 radical (unpaired) electrons. The third-order valence-corrected chi connectivity index (χ3v) is 6.98. The van der Waals surface area contributed by atoms with E-state index in [0.717, 1.165) is 11.3 Å². The minimum atomic E-state index is -1.49. The number of halogens is 3. The number of nitrogens with one attached hydrogen (secondary N) is 2. The SMILES string of the molecule is C=C(/C=C\C(Cl)=C/C(=C)C(=O)N(C)Cc1ccc(Cl)cc1Cl)NS(=O)C1=CC=C/C(=N/SNC)C1.CC.CC. The van der Waals surface area contributed by atoms with Gasteiger partial charge in [0.25, 0.3) is 5.91 Å². The Hall–Kier alpha value is -2.07. The maximum atomic E-state index is 12.6. The molecule has 0 heterocycles. The molecule has 6 nitrogen and oxygen atoms in total. The lowest BCUT2D eigenvalue weighted by Crippen LogP contribution is -2.27. The normalized spacial score (nSPS) is 14.4. The van der Waals surface area contributed by atoms with Crippen molar-refractivity contribution in [2.24, 2.45) is 4.40 Å². The van der Waals surface area contributed by atoms with Gasteiger partial charge in [0, 0.05) is 51.3 Å². The van der Waals surface area contributed by atoms with E-state index in [1.165, 1.54) is 29.2 Å². The number of nitrogens with zero attached hydrogens (tertiary/aromatic N) is 2. The molecule has 1 aromatic rings. The molecule has 1 atom stereocenters. The van der Waals surface area contributed by atoms with Crippen molar-refractivity contribution in [2.75, 3.05) is 14.1 Å². The molecular weight excluding hydrogens is 595 g/mol. The summed E-state index contributed by atoms with van der Waals surface area (Å²) in [4.78, 5) is 14.8. The second-order valence-corrected chi connectivity index (χ2v) is 10.5. The summed E-state index contributed by atoms with van der Waals surface area (Å²) >= 11 is 19.6. The second kappa shape index (κ2) is 20.8. The molecule has 0 spiro atoms. The van der Waals surface area contributed by atoms with Gasteiger partial charge in [-0.25, -0.2) is 13.3 Å². The molecule has 2 rings (SSSR count). The molecule has 1 aliphatic carbocycles. The van der Waals surface area contributed by atoms with E-state index >= 15 is 0 Å². The van der Waals surface area contributed by atoms with Crippen LogP contribution in [0.1, 0.15) is 39.7 Å². The van der Waals surface area contributed by atoms with Gasteiger partial charge in [-0.15, -0.1) is 0 Å². The first kappa shape index (κ1) is 36.9. The molecule has 1 aromatic carbocycles. The van der Waals surface area contributed by atoms with E-state index in [9.17, 15) is 9.00 Å². The summed E-state index contributed by atoms with van der Waals surface area (Å²) in [5.41, 5.74) is 2.14. The van der Waals surface area contributed by atoms with Crippen molar-refractivity contribution < 1.29 is 9.00 Å². The molecular formula is C28H37Cl3N4O2S2. The van der Waals surface area contributed by atoms with Crippen molar-refractivity contribution in [1.82, 2.24) is 14.3 Å². The number of hydrogen-bond donors (Lipinski definition) is 2. The highest BCUT2D eigenvalue weighted by Gasteiger charge is 2.14. The fraction of sp³-hybridized carbons (Fsp3) is 0.286. The lowest BCUT2D eigenvalue weighted by atomic mass is 10.2. The van der Waals surface area contributed by atoms with Gasteiger partial charge in [0.15, 0.2) is 0 Å². The molecule has 11 heteroatoms. The Morgan fingerprint density at radius 2 is 1.87 bits per heavy atom. The van der Waals surface area contributed by atoms with Crippen LogP contribution < -0.4 is 9.44 Å². The summed E-state index contributed by atoms with van der Waals surface area (Å²) in [6.07, 6.45) is 10.4. The highest BCUT2D eigenvalue weighted by Crippen LogP contribution is 2.23. The first-order chi connectivity index (χ1) is 18.6. The number of likely N-dealkylation sites (N-methyl/N-ethyl adjacent to an activating group) is 1. The number of allylic oxidation sites excluding steroid dienone is 7. The largest absolute Gasteiger partial charge is 0.337 e. The summed E-state index contributed by atoms with van der Waals surface area (Å²) < 4.78 is 22.6. The number of hydrogen-bond acceptors (Lipinski definition) is 5. The average molecular weight is 632 g/mol. The van der Waals surface area contributed by atoms with Crippen LogP contribution in [0.25, 0.3) is 0 Å². The predicted molar refractivity (Wildman–Crippen MR) is 174 cm³/mol. The fourth-order valence-corrected chi connectivity index (χ4v) is 4.67. The molecule has 1 aliphatic rings. The second-order valence-electron chi connectivity index (χ2n) is 7.23. The number of carbonyl (C=O) groups excluding carboxylic acids is 1. The van der Waals surface area contributed by atoms with Gasteiger partial charge in [-0.3, -0.25) is 4.79 Å². The molecule has 214 valence electrons. The maximum Gasteiger partial charge on any atom is 0.253 e. The standard InChI is InChI=1S/C24H25Cl3N4O2S2.2C2H6/c1-16(24(32)31(4)15-18-9-11-20(26)13-23(18)27)12-19(25)10-8-17(2)30-35(33)22-7-5-6-21(14-22)29-34-28-3;2*1-2/h5-13,28,30H,1-2,14-15H2,3-4H3;2*1-2H3/b10-8-,19-12+,29-21-;;. The van der Waals surface area contributed by atoms with Crippen LogP contribution in [0.2, 0.25) is 10.0 Å². The first-order valence-electron chi connectivity index (χ1n) is 12.2. The Kier molecular flexibility index (Phi) is 19.7. The van der Waals surface area contributed by atoms with E-state index in [1.54, 1.807) is 50.5 Å². The quantitative estimate of drug-likeness (QED) is 0.147. The van der Waals surface area contributed by atoms with Crippen molar-refractivity contribution >= 4 is 69.5 Å². The highest BCUT2D eigenvalue weighted by atomic mass is 35.5. The van der Waals surface area contributed by atoms with Crippen LogP contribution in [-0.2, 0) is 22.3 Å². The summed E-state index contributed by atoms with van der Waals surface area (Å²) in [6, 6.07) is 5.10. The van der Waals surface area contributed by atoms with Gasteiger partial charge in [0.1, 0.15) is 11.0 Å². The monoisotopic (exact) mass is 630 g/mol. The van der Waals surface area contributed by atoms with Crippen molar-refractivity contribution in [2.45, 2.75) is 40.7 Å². The van der Waals surface area contributed by atoms with Crippen LogP contribution in [0.5, 0.6) is 0 Å². The van der Waals surface area contributed by atoms with E-state index in [2.05, 4.69) is 27.0 Å². The predicted octanol–water partition coefficient (Wildman–Crippen LogP) is 8.07. The lowest BCUT2D eigenvalue weighted by Gasteiger charge is -2.18. The Labute approximate surface area is 255 Å². The molecule has 0 saturated carbocycles. The Balaban J connectivity index is 0.00000344. The smallest absolute Gasteiger partial charge is 0.253 e. The van der Waals surface area contributed by atoms with E-state index in [4.69, 9.17) is 34.8 Å². The van der Waals surface area contributed by atoms with Crippen LogP contribution in [0, 0.1) is 0 Å². The van der Waals surface area contributed by atoms with Crippen molar-refractivity contribution in [3.8, 4) is 0 Å². The van der Waals surface area contributed by atoms with E-state index in [1.807, 2.05) is 33.8 Å².